The zero-order valence-electron chi connectivity index (χ0n) is 7.57. The summed E-state index contributed by atoms with van der Waals surface area (Å²) in [5.74, 6) is 0. The van der Waals surface area contributed by atoms with Crippen molar-refractivity contribution in [1.29, 1.82) is 0 Å². The molecule has 1 N–H and O–H groups in total. The van der Waals surface area contributed by atoms with Crippen molar-refractivity contribution in [3.05, 3.63) is 0 Å². The fourth-order valence-electron chi connectivity index (χ4n) is 0.671. The van der Waals surface area contributed by atoms with Gasteiger partial charge in [0.15, 0.2) is 0 Å². The second-order valence-electron chi connectivity index (χ2n) is 3.25. The van der Waals surface area contributed by atoms with Gasteiger partial charge in [0.1, 0.15) is 0 Å². The highest BCUT2D eigenvalue weighted by atomic mass is 32.2. The van der Waals surface area contributed by atoms with Crippen LogP contribution < -0.4 is 0 Å². The second-order valence-corrected chi connectivity index (χ2v) is 3.73. The molecule has 0 aromatic rings. The first-order valence-corrected chi connectivity index (χ1v) is 4.56. The molecule has 0 rings (SSSR count). The van der Waals surface area contributed by atoms with Crippen molar-refractivity contribution < 1.29 is 17.5 Å². The van der Waals surface area contributed by atoms with E-state index >= 15 is 0 Å². The van der Waals surface area contributed by atoms with Crippen LogP contribution in [0.5, 0.6) is 0 Å². The number of quaternary nitrogens is 1. The molecule has 0 bridgehead atoms. The summed E-state index contributed by atoms with van der Waals surface area (Å²) in [5, 5.41) is 0. The van der Waals surface area contributed by atoms with E-state index in [-0.39, 0.29) is 0 Å². The minimum atomic E-state index is -3.12. The van der Waals surface area contributed by atoms with Gasteiger partial charge in [-0.05, 0) is 6.42 Å². The molecule has 0 aromatic carbocycles. The lowest BCUT2D eigenvalue weighted by atomic mass is 10.4. The number of hydrogen-bond acceptors (Lipinski definition) is 2. The lowest BCUT2D eigenvalue weighted by Crippen LogP contribution is -2.34. The molecule has 0 amide bonds. The Hall–Kier alpha value is -0.130. The third kappa shape index (κ3) is 40.8. The zero-order valence-corrected chi connectivity index (χ0v) is 8.47. The lowest BCUT2D eigenvalue weighted by Gasteiger charge is -2.22. The Morgan fingerprint density at radius 2 is 1.55 bits per heavy atom. The standard InChI is InChI=1S/C6H16N.H2O3S/c1-5-6-7(2,3)4;1-4(2)3/h5-6H2,1-4H3;4H,(H,1,2,3)/q+1;. The molecular weight excluding hydrogens is 166 g/mol. The highest BCUT2D eigenvalue weighted by Crippen LogP contribution is 1.90. The van der Waals surface area contributed by atoms with E-state index < -0.39 is 11.0 Å². The number of thiol groups is 1. The van der Waals surface area contributed by atoms with Crippen LogP contribution in [-0.2, 0) is 11.0 Å². The van der Waals surface area contributed by atoms with E-state index in [4.69, 9.17) is 13.0 Å². The number of nitrogens with zero attached hydrogens (tertiary/aromatic N) is 1. The monoisotopic (exact) mass is 184 g/mol. The Balaban J connectivity index is 0. The Morgan fingerprint density at radius 1 is 1.27 bits per heavy atom. The van der Waals surface area contributed by atoms with Crippen LogP contribution in [0.2, 0.25) is 0 Å². The van der Waals surface area contributed by atoms with Crippen molar-refractivity contribution >= 4 is 11.0 Å². The van der Waals surface area contributed by atoms with Gasteiger partial charge in [-0.3, -0.25) is 4.55 Å². The molecule has 70 valence electrons. The molecule has 0 radical (unpaired) electrons. The molecule has 0 saturated carbocycles. The zero-order chi connectivity index (χ0) is 9.49. The third-order valence-corrected chi connectivity index (χ3v) is 0.894. The molecule has 0 spiro atoms. The van der Waals surface area contributed by atoms with Crippen LogP contribution in [0.3, 0.4) is 0 Å². The maximum atomic E-state index is 8.59. The molecule has 0 aliphatic carbocycles. The van der Waals surface area contributed by atoms with Gasteiger partial charge in [-0.15, -0.1) is 0 Å². The molecule has 0 unspecified atom stereocenters. The van der Waals surface area contributed by atoms with Crippen LogP contribution in [0.1, 0.15) is 13.3 Å². The molecule has 0 fully saturated rings. The molecule has 0 atom stereocenters. The van der Waals surface area contributed by atoms with Gasteiger partial charge in [0.25, 0.3) is 11.0 Å². The molecule has 0 heterocycles. The molecule has 0 aliphatic heterocycles. The maximum absolute atomic E-state index is 8.59. The van der Waals surface area contributed by atoms with E-state index in [1.54, 1.807) is 0 Å². The Labute approximate surface area is 70.2 Å². The fraction of sp³-hybridized carbons (Fsp3) is 1.00. The van der Waals surface area contributed by atoms with Crippen LogP contribution in [0.15, 0.2) is 0 Å². The Kier molecular flexibility index (Phi) is 8.04. The molecule has 4 nitrogen and oxygen atoms in total. The number of hydrogen-bond donors (Lipinski definition) is 2. The third-order valence-electron chi connectivity index (χ3n) is 0.894. The molecule has 5 heteroatoms. The van der Waals surface area contributed by atoms with Gasteiger partial charge in [-0.1, -0.05) is 6.92 Å². The van der Waals surface area contributed by atoms with Gasteiger partial charge in [-0.25, -0.2) is 8.42 Å². The fourth-order valence-corrected chi connectivity index (χ4v) is 0.671. The number of rotatable bonds is 2. The van der Waals surface area contributed by atoms with E-state index in [9.17, 15) is 0 Å². The van der Waals surface area contributed by atoms with Gasteiger partial charge >= 0.3 is 0 Å². The van der Waals surface area contributed by atoms with E-state index in [1.165, 1.54) is 13.0 Å². The molecule has 0 saturated heterocycles. The Bertz CT molecular complexity index is 140. The van der Waals surface area contributed by atoms with E-state index in [0.29, 0.717) is 0 Å². The highest BCUT2D eigenvalue weighted by molar-refractivity contribution is 7.66. The lowest BCUT2D eigenvalue weighted by molar-refractivity contribution is -0.870. The van der Waals surface area contributed by atoms with Crippen molar-refractivity contribution in [2.75, 3.05) is 27.7 Å². The van der Waals surface area contributed by atoms with E-state index in [1.807, 2.05) is 0 Å². The van der Waals surface area contributed by atoms with Crippen molar-refractivity contribution in [1.82, 2.24) is 0 Å². The average molecular weight is 184 g/mol. The van der Waals surface area contributed by atoms with E-state index in [0.717, 1.165) is 4.48 Å². The SMILES string of the molecule is CCC[N+](C)(C)C.O=[SH](=O)O. The summed E-state index contributed by atoms with van der Waals surface area (Å²) in [5.41, 5.74) is 0. The van der Waals surface area contributed by atoms with Gasteiger partial charge in [-0.2, -0.15) is 0 Å². The van der Waals surface area contributed by atoms with Crippen molar-refractivity contribution in [3.63, 3.8) is 0 Å². The summed E-state index contributed by atoms with van der Waals surface area (Å²) < 4.78 is 25.3. The first-order valence-electron chi connectivity index (χ1n) is 3.43. The summed E-state index contributed by atoms with van der Waals surface area (Å²) in [4.78, 5) is 0. The first kappa shape index (κ1) is 13.5. The quantitative estimate of drug-likeness (QED) is 0.365. The largest absolute Gasteiger partial charge is 0.331 e. The highest BCUT2D eigenvalue weighted by Gasteiger charge is 2.01. The predicted molar refractivity (Wildman–Crippen MR) is 46.1 cm³/mol. The smallest absolute Gasteiger partial charge is 0.254 e. The van der Waals surface area contributed by atoms with Crippen LogP contribution >= 0.6 is 0 Å². The summed E-state index contributed by atoms with van der Waals surface area (Å²) >= 11 is 0. The summed E-state index contributed by atoms with van der Waals surface area (Å²) in [6, 6.07) is 0. The first-order chi connectivity index (χ1) is 4.79. The van der Waals surface area contributed by atoms with Crippen molar-refractivity contribution in [2.45, 2.75) is 13.3 Å². The minimum absolute atomic E-state index is 1.09. The van der Waals surface area contributed by atoms with Crippen molar-refractivity contribution in [2.24, 2.45) is 0 Å². The second kappa shape index (κ2) is 6.57. The summed E-state index contributed by atoms with van der Waals surface area (Å²) in [6.45, 7) is 3.49. The van der Waals surface area contributed by atoms with Crippen LogP contribution in [0, 0.1) is 0 Å². The molecule has 0 aliphatic rings. The normalized spacial score (nSPS) is 10.7. The van der Waals surface area contributed by atoms with Gasteiger partial charge in [0.2, 0.25) is 0 Å². The van der Waals surface area contributed by atoms with Gasteiger partial charge in [0, 0.05) is 0 Å². The summed E-state index contributed by atoms with van der Waals surface area (Å²) in [7, 11) is 3.52. The van der Waals surface area contributed by atoms with Gasteiger partial charge in [0.05, 0.1) is 27.7 Å². The maximum Gasteiger partial charge on any atom is 0.254 e. The van der Waals surface area contributed by atoms with Crippen LogP contribution in [0.4, 0.5) is 0 Å². The Morgan fingerprint density at radius 3 is 1.55 bits per heavy atom. The molecule has 0 aromatic heterocycles. The van der Waals surface area contributed by atoms with Crippen LogP contribution in [0.25, 0.3) is 0 Å². The van der Waals surface area contributed by atoms with Crippen molar-refractivity contribution in [3.8, 4) is 0 Å². The summed E-state index contributed by atoms with van der Waals surface area (Å²) in [6.07, 6.45) is 1.28. The van der Waals surface area contributed by atoms with Gasteiger partial charge < -0.3 is 4.48 Å². The van der Waals surface area contributed by atoms with E-state index in [2.05, 4.69) is 28.1 Å². The molecular formula is C6H18NO3S+. The minimum Gasteiger partial charge on any atom is -0.331 e. The average Bonchev–Trinajstić information content (AvgIpc) is 1.58. The molecule has 11 heavy (non-hydrogen) atoms. The topological polar surface area (TPSA) is 54.4 Å². The van der Waals surface area contributed by atoms with Crippen LogP contribution in [-0.4, -0.2) is 45.1 Å². The predicted octanol–water partition coefficient (Wildman–Crippen LogP) is 0.173.